The maximum Gasteiger partial charge on any atom is 0.0657 e. The summed E-state index contributed by atoms with van der Waals surface area (Å²) < 4.78 is 0. The lowest BCUT2D eigenvalue weighted by Crippen LogP contribution is -2.12. The van der Waals surface area contributed by atoms with Crippen molar-refractivity contribution in [3.8, 4) is 0 Å². The van der Waals surface area contributed by atoms with E-state index in [1.54, 1.807) is 0 Å². The second-order valence-corrected chi connectivity index (χ2v) is 5.07. The van der Waals surface area contributed by atoms with Crippen LogP contribution >= 0.6 is 0 Å². The molecule has 2 heteroatoms. The average Bonchev–Trinajstić information content (AvgIpc) is 2.55. The normalized spacial score (nSPS) is 11.6. The molecule has 0 heterocycles. The number of para-hydroxylation sites is 1. The van der Waals surface area contributed by atoms with Gasteiger partial charge in [0.25, 0.3) is 0 Å². The standard InChI is InChI=1S/C19H18N2/c1-15(20-21(2)17-11-4-3-5-12-17)18-14-8-10-16-9-6-7-13-19(16)18/h3-14H,1-2H3. The van der Waals surface area contributed by atoms with Gasteiger partial charge in [-0.2, -0.15) is 5.10 Å². The van der Waals surface area contributed by atoms with E-state index in [4.69, 9.17) is 5.10 Å². The van der Waals surface area contributed by atoms with Crippen molar-refractivity contribution in [3.05, 3.63) is 78.4 Å². The molecule has 2 nitrogen and oxygen atoms in total. The first-order valence-electron chi connectivity index (χ1n) is 7.08. The lowest BCUT2D eigenvalue weighted by atomic mass is 10.0. The fraction of sp³-hybridized carbons (Fsp3) is 0.105. The Morgan fingerprint density at radius 1 is 0.810 bits per heavy atom. The second-order valence-electron chi connectivity index (χ2n) is 5.07. The Morgan fingerprint density at radius 3 is 2.29 bits per heavy atom. The molecule has 0 spiro atoms. The average molecular weight is 274 g/mol. The van der Waals surface area contributed by atoms with Crippen molar-refractivity contribution in [2.45, 2.75) is 6.92 Å². The van der Waals surface area contributed by atoms with E-state index >= 15 is 0 Å². The predicted molar refractivity (Wildman–Crippen MR) is 91.0 cm³/mol. The molecular formula is C19H18N2. The summed E-state index contributed by atoms with van der Waals surface area (Å²) in [7, 11) is 1.98. The maximum atomic E-state index is 4.72. The van der Waals surface area contributed by atoms with Crippen molar-refractivity contribution < 1.29 is 0 Å². The van der Waals surface area contributed by atoms with Crippen molar-refractivity contribution in [2.24, 2.45) is 5.10 Å². The van der Waals surface area contributed by atoms with Crippen molar-refractivity contribution in [2.75, 3.05) is 12.1 Å². The fourth-order valence-corrected chi connectivity index (χ4v) is 2.52. The van der Waals surface area contributed by atoms with Gasteiger partial charge in [0, 0.05) is 12.6 Å². The highest BCUT2D eigenvalue weighted by Crippen LogP contribution is 2.20. The van der Waals surface area contributed by atoms with Crippen LogP contribution in [0.5, 0.6) is 0 Å². The van der Waals surface area contributed by atoms with Gasteiger partial charge in [-0.05, 0) is 29.8 Å². The summed E-state index contributed by atoms with van der Waals surface area (Å²) in [5, 5.41) is 9.11. The second kappa shape index (κ2) is 5.80. The summed E-state index contributed by atoms with van der Waals surface area (Å²) in [6, 6.07) is 24.9. The van der Waals surface area contributed by atoms with Crippen LogP contribution in [-0.4, -0.2) is 12.8 Å². The first-order chi connectivity index (χ1) is 10.3. The molecule has 0 aliphatic heterocycles. The van der Waals surface area contributed by atoms with Crippen LogP contribution in [0.1, 0.15) is 12.5 Å². The topological polar surface area (TPSA) is 15.6 Å². The lowest BCUT2D eigenvalue weighted by molar-refractivity contribution is 1.01. The number of nitrogens with zero attached hydrogens (tertiary/aromatic N) is 2. The largest absolute Gasteiger partial charge is 0.268 e. The number of anilines is 1. The maximum absolute atomic E-state index is 4.72. The Bertz CT molecular complexity index is 770. The molecule has 0 bridgehead atoms. The Labute approximate surface area is 125 Å². The van der Waals surface area contributed by atoms with Crippen LogP contribution in [0, 0.1) is 0 Å². The van der Waals surface area contributed by atoms with Crippen LogP contribution in [0.15, 0.2) is 77.9 Å². The van der Waals surface area contributed by atoms with Gasteiger partial charge in [-0.15, -0.1) is 0 Å². The third kappa shape index (κ3) is 2.79. The molecule has 0 radical (unpaired) electrons. The number of hydrogen-bond acceptors (Lipinski definition) is 2. The van der Waals surface area contributed by atoms with E-state index < -0.39 is 0 Å². The Morgan fingerprint density at radius 2 is 1.48 bits per heavy atom. The van der Waals surface area contributed by atoms with Gasteiger partial charge in [0.15, 0.2) is 0 Å². The van der Waals surface area contributed by atoms with Crippen LogP contribution in [0.25, 0.3) is 10.8 Å². The molecule has 0 atom stereocenters. The number of fused-ring (bicyclic) bond motifs is 1. The summed E-state index contributed by atoms with van der Waals surface area (Å²) in [4.78, 5) is 0. The first kappa shape index (κ1) is 13.4. The minimum Gasteiger partial charge on any atom is -0.268 e. The summed E-state index contributed by atoms with van der Waals surface area (Å²) in [6.07, 6.45) is 0. The zero-order chi connectivity index (χ0) is 14.7. The molecule has 3 aromatic carbocycles. The molecule has 0 unspecified atom stereocenters. The van der Waals surface area contributed by atoms with Gasteiger partial charge in [-0.3, -0.25) is 5.01 Å². The Balaban J connectivity index is 2.00. The van der Waals surface area contributed by atoms with Gasteiger partial charge in [0.1, 0.15) is 0 Å². The minimum atomic E-state index is 1.01. The Hall–Kier alpha value is -2.61. The summed E-state index contributed by atoms with van der Waals surface area (Å²) in [5.41, 5.74) is 3.27. The fourth-order valence-electron chi connectivity index (χ4n) is 2.52. The molecule has 0 fully saturated rings. The lowest BCUT2D eigenvalue weighted by Gasteiger charge is -2.15. The van der Waals surface area contributed by atoms with Gasteiger partial charge in [-0.1, -0.05) is 60.7 Å². The zero-order valence-corrected chi connectivity index (χ0v) is 12.3. The van der Waals surface area contributed by atoms with E-state index in [9.17, 15) is 0 Å². The van der Waals surface area contributed by atoms with Crippen LogP contribution in [0.3, 0.4) is 0 Å². The van der Waals surface area contributed by atoms with E-state index in [0.29, 0.717) is 0 Å². The van der Waals surface area contributed by atoms with Gasteiger partial charge in [0.2, 0.25) is 0 Å². The predicted octanol–water partition coefficient (Wildman–Crippen LogP) is 4.70. The van der Waals surface area contributed by atoms with E-state index in [2.05, 4.69) is 61.5 Å². The van der Waals surface area contributed by atoms with Gasteiger partial charge >= 0.3 is 0 Å². The molecular weight excluding hydrogens is 256 g/mol. The molecule has 0 aliphatic rings. The molecule has 21 heavy (non-hydrogen) atoms. The first-order valence-corrected chi connectivity index (χ1v) is 7.08. The minimum absolute atomic E-state index is 1.01. The van der Waals surface area contributed by atoms with E-state index in [1.165, 1.54) is 16.3 Å². The number of hydrazone groups is 1. The van der Waals surface area contributed by atoms with Crippen molar-refractivity contribution in [1.29, 1.82) is 0 Å². The molecule has 0 aliphatic carbocycles. The van der Waals surface area contributed by atoms with Gasteiger partial charge in [-0.25, -0.2) is 0 Å². The van der Waals surface area contributed by atoms with Crippen molar-refractivity contribution >= 4 is 22.2 Å². The smallest absolute Gasteiger partial charge is 0.0657 e. The van der Waals surface area contributed by atoms with Crippen molar-refractivity contribution in [1.82, 2.24) is 0 Å². The highest BCUT2D eigenvalue weighted by Gasteiger charge is 2.05. The third-order valence-electron chi connectivity index (χ3n) is 3.61. The molecule has 0 aromatic heterocycles. The molecule has 0 N–H and O–H groups in total. The van der Waals surface area contributed by atoms with Crippen LogP contribution in [-0.2, 0) is 0 Å². The van der Waals surface area contributed by atoms with E-state index in [-0.39, 0.29) is 0 Å². The Kier molecular flexibility index (Phi) is 3.69. The molecule has 3 aromatic rings. The third-order valence-corrected chi connectivity index (χ3v) is 3.61. The van der Waals surface area contributed by atoms with Crippen LogP contribution < -0.4 is 5.01 Å². The van der Waals surface area contributed by atoms with E-state index in [1.807, 2.05) is 30.3 Å². The molecule has 104 valence electrons. The van der Waals surface area contributed by atoms with Gasteiger partial charge in [0.05, 0.1) is 11.4 Å². The summed E-state index contributed by atoms with van der Waals surface area (Å²) in [5.74, 6) is 0. The van der Waals surface area contributed by atoms with Crippen molar-refractivity contribution in [3.63, 3.8) is 0 Å². The van der Waals surface area contributed by atoms with Gasteiger partial charge < -0.3 is 0 Å². The zero-order valence-electron chi connectivity index (χ0n) is 12.3. The molecule has 0 saturated heterocycles. The summed E-state index contributed by atoms with van der Waals surface area (Å²) in [6.45, 7) is 2.06. The highest BCUT2D eigenvalue weighted by atomic mass is 15.4. The molecule has 0 saturated carbocycles. The monoisotopic (exact) mass is 274 g/mol. The number of benzene rings is 3. The SMILES string of the molecule is CC(=NN(C)c1ccccc1)c1cccc2ccccc12. The highest BCUT2D eigenvalue weighted by molar-refractivity contribution is 6.09. The summed E-state index contributed by atoms with van der Waals surface area (Å²) >= 11 is 0. The van der Waals surface area contributed by atoms with Crippen LogP contribution in [0.4, 0.5) is 5.69 Å². The van der Waals surface area contributed by atoms with E-state index in [0.717, 1.165) is 11.4 Å². The number of rotatable bonds is 3. The van der Waals surface area contributed by atoms with Crippen LogP contribution in [0.2, 0.25) is 0 Å². The quantitative estimate of drug-likeness (QED) is 0.499. The number of hydrogen-bond donors (Lipinski definition) is 0. The molecule has 3 rings (SSSR count). The molecule has 0 amide bonds.